The van der Waals surface area contributed by atoms with Crippen LogP contribution in [0.1, 0.15) is 29.5 Å². The van der Waals surface area contributed by atoms with Crippen LogP contribution >= 0.6 is 11.3 Å². The van der Waals surface area contributed by atoms with Gasteiger partial charge in [0, 0.05) is 23.6 Å². The Morgan fingerprint density at radius 1 is 1.55 bits per heavy atom. The standard InChI is InChI=1S/C16H15FN2O2S/c1-11-10-22-16(19-11)14(9-18)15(20)6-3-7-21-13-5-2-4-12(17)8-13/h2,4-5,8,10,14H,3,6-7H2,1H3/t14-/m1/s1. The fraction of sp³-hybridized carbons (Fsp3) is 0.312. The first-order valence-electron chi connectivity index (χ1n) is 6.83. The molecule has 2 rings (SSSR count). The monoisotopic (exact) mass is 318 g/mol. The second-order valence-corrected chi connectivity index (χ2v) is 5.65. The number of carbonyl (C=O) groups is 1. The molecule has 4 nitrogen and oxygen atoms in total. The molecule has 1 aromatic carbocycles. The Labute approximate surface area is 132 Å². The lowest BCUT2D eigenvalue weighted by atomic mass is 10.0. The summed E-state index contributed by atoms with van der Waals surface area (Å²) in [6.45, 7) is 2.12. The van der Waals surface area contributed by atoms with Crippen molar-refractivity contribution in [1.82, 2.24) is 4.98 Å². The molecule has 0 aliphatic heterocycles. The molecular weight excluding hydrogens is 303 g/mol. The number of carbonyl (C=O) groups excluding carboxylic acids is 1. The third kappa shape index (κ3) is 4.37. The fourth-order valence-electron chi connectivity index (χ4n) is 1.91. The summed E-state index contributed by atoms with van der Waals surface area (Å²) in [6, 6.07) is 7.85. The number of hydrogen-bond acceptors (Lipinski definition) is 5. The maximum Gasteiger partial charge on any atom is 0.157 e. The maximum atomic E-state index is 13.0. The minimum absolute atomic E-state index is 0.167. The zero-order valence-corrected chi connectivity index (χ0v) is 12.9. The number of Topliss-reactive ketones (excluding diaryl/α,β-unsaturated/α-hetero) is 1. The molecule has 114 valence electrons. The summed E-state index contributed by atoms with van der Waals surface area (Å²) in [5, 5.41) is 11.5. The molecule has 0 unspecified atom stereocenters. The third-order valence-electron chi connectivity index (χ3n) is 2.97. The molecule has 6 heteroatoms. The molecule has 22 heavy (non-hydrogen) atoms. The molecule has 2 aromatic rings. The highest BCUT2D eigenvalue weighted by molar-refractivity contribution is 7.09. The first-order chi connectivity index (χ1) is 10.6. The summed E-state index contributed by atoms with van der Waals surface area (Å²) in [5.74, 6) is -0.912. The van der Waals surface area contributed by atoms with Crippen LogP contribution in [0.2, 0.25) is 0 Å². The smallest absolute Gasteiger partial charge is 0.157 e. The molecule has 0 saturated carbocycles. The first kappa shape index (κ1) is 16.1. The van der Waals surface area contributed by atoms with Crippen molar-refractivity contribution >= 4 is 17.1 Å². The fourth-order valence-corrected chi connectivity index (χ4v) is 2.77. The number of hydrogen-bond donors (Lipinski definition) is 0. The van der Waals surface area contributed by atoms with E-state index in [1.54, 1.807) is 12.1 Å². The number of halogens is 1. The summed E-state index contributed by atoms with van der Waals surface area (Å²) in [4.78, 5) is 16.3. The Balaban J connectivity index is 1.81. The highest BCUT2D eigenvalue weighted by Crippen LogP contribution is 2.22. The molecule has 0 amide bonds. The van der Waals surface area contributed by atoms with E-state index in [9.17, 15) is 9.18 Å². The van der Waals surface area contributed by atoms with Gasteiger partial charge in [-0.1, -0.05) is 6.07 Å². The van der Waals surface area contributed by atoms with Crippen molar-refractivity contribution in [3.63, 3.8) is 0 Å². The van der Waals surface area contributed by atoms with E-state index in [2.05, 4.69) is 4.98 Å². The van der Waals surface area contributed by atoms with E-state index in [0.29, 0.717) is 23.8 Å². The van der Waals surface area contributed by atoms with Crippen molar-refractivity contribution in [1.29, 1.82) is 5.26 Å². The quantitative estimate of drug-likeness (QED) is 0.731. The molecule has 0 aliphatic rings. The van der Waals surface area contributed by atoms with Gasteiger partial charge in [0.15, 0.2) is 11.7 Å². The summed E-state index contributed by atoms with van der Waals surface area (Å²) in [7, 11) is 0. The minimum atomic E-state index is -0.812. The van der Waals surface area contributed by atoms with E-state index >= 15 is 0 Å². The molecule has 1 aromatic heterocycles. The summed E-state index contributed by atoms with van der Waals surface area (Å²) in [5.41, 5.74) is 0.808. The van der Waals surface area contributed by atoms with Crippen molar-refractivity contribution in [2.24, 2.45) is 0 Å². The topological polar surface area (TPSA) is 63.0 Å². The van der Waals surface area contributed by atoms with E-state index in [4.69, 9.17) is 10.00 Å². The maximum absolute atomic E-state index is 13.0. The number of rotatable bonds is 7. The molecule has 0 bridgehead atoms. The summed E-state index contributed by atoms with van der Waals surface area (Å²) < 4.78 is 18.3. The van der Waals surface area contributed by atoms with Crippen LogP contribution in [0.4, 0.5) is 4.39 Å². The van der Waals surface area contributed by atoms with Gasteiger partial charge >= 0.3 is 0 Å². The van der Waals surface area contributed by atoms with Crippen LogP contribution in [0.25, 0.3) is 0 Å². The second-order valence-electron chi connectivity index (χ2n) is 4.76. The number of benzene rings is 1. The number of ketones is 1. The van der Waals surface area contributed by atoms with E-state index < -0.39 is 5.92 Å². The number of thiazole rings is 1. The van der Waals surface area contributed by atoms with Gasteiger partial charge in [0.05, 0.1) is 12.7 Å². The Hall–Kier alpha value is -2.26. The Bertz CT molecular complexity index is 693. The lowest BCUT2D eigenvalue weighted by Crippen LogP contribution is -2.12. The number of nitriles is 1. The largest absolute Gasteiger partial charge is 0.493 e. The zero-order chi connectivity index (χ0) is 15.9. The SMILES string of the molecule is Cc1csc([C@H](C#N)C(=O)CCCOc2cccc(F)c2)n1. The van der Waals surface area contributed by atoms with Crippen LogP contribution < -0.4 is 4.74 Å². The molecule has 1 heterocycles. The molecule has 1 atom stereocenters. The van der Waals surface area contributed by atoms with E-state index in [-0.39, 0.29) is 18.0 Å². The average Bonchev–Trinajstić information content (AvgIpc) is 2.91. The van der Waals surface area contributed by atoms with Crippen molar-refractivity contribution in [2.75, 3.05) is 6.61 Å². The van der Waals surface area contributed by atoms with Gasteiger partial charge in [-0.3, -0.25) is 4.79 Å². The van der Waals surface area contributed by atoms with Crippen LogP contribution in [-0.4, -0.2) is 17.4 Å². The van der Waals surface area contributed by atoms with E-state index in [0.717, 1.165) is 5.69 Å². The van der Waals surface area contributed by atoms with Gasteiger partial charge < -0.3 is 4.74 Å². The van der Waals surface area contributed by atoms with Crippen LogP contribution in [0.5, 0.6) is 5.75 Å². The molecule has 0 aliphatic carbocycles. The molecule has 0 N–H and O–H groups in total. The van der Waals surface area contributed by atoms with Crippen molar-refractivity contribution in [2.45, 2.75) is 25.7 Å². The predicted molar refractivity (Wildman–Crippen MR) is 81.3 cm³/mol. The van der Waals surface area contributed by atoms with Crippen molar-refractivity contribution in [3.8, 4) is 11.8 Å². The predicted octanol–water partition coefficient (Wildman–Crippen LogP) is 3.63. The van der Waals surface area contributed by atoms with Crippen LogP contribution in [0, 0.1) is 24.1 Å². The molecule has 0 radical (unpaired) electrons. The van der Waals surface area contributed by atoms with Gasteiger partial charge in [0.2, 0.25) is 0 Å². The first-order valence-corrected chi connectivity index (χ1v) is 7.71. The van der Waals surface area contributed by atoms with Crippen LogP contribution in [0.3, 0.4) is 0 Å². The van der Waals surface area contributed by atoms with Gasteiger partial charge in [-0.05, 0) is 25.5 Å². The van der Waals surface area contributed by atoms with Gasteiger partial charge in [-0.15, -0.1) is 11.3 Å². The number of aryl methyl sites for hydroxylation is 1. The Morgan fingerprint density at radius 3 is 3.00 bits per heavy atom. The number of aromatic nitrogens is 1. The van der Waals surface area contributed by atoms with Crippen molar-refractivity contribution in [3.05, 3.63) is 46.2 Å². The van der Waals surface area contributed by atoms with Crippen LogP contribution in [-0.2, 0) is 4.79 Å². The number of ether oxygens (including phenoxy) is 1. The van der Waals surface area contributed by atoms with Crippen molar-refractivity contribution < 1.29 is 13.9 Å². The number of nitrogens with zero attached hydrogens (tertiary/aromatic N) is 2. The third-order valence-corrected chi connectivity index (χ3v) is 3.99. The summed E-state index contributed by atoms with van der Waals surface area (Å²) in [6.07, 6.45) is 0.698. The molecule has 0 spiro atoms. The molecule has 0 fully saturated rings. The lowest BCUT2D eigenvalue weighted by Gasteiger charge is -2.07. The lowest BCUT2D eigenvalue weighted by molar-refractivity contribution is -0.119. The van der Waals surface area contributed by atoms with Gasteiger partial charge in [0.25, 0.3) is 0 Å². The Morgan fingerprint density at radius 2 is 2.36 bits per heavy atom. The summed E-state index contributed by atoms with van der Waals surface area (Å²) >= 11 is 1.32. The molecular formula is C16H15FN2O2S. The normalized spacial score (nSPS) is 11.7. The second kappa shape index (κ2) is 7.66. The zero-order valence-electron chi connectivity index (χ0n) is 12.1. The van der Waals surface area contributed by atoms with Gasteiger partial charge in [-0.25, -0.2) is 9.37 Å². The van der Waals surface area contributed by atoms with Crippen LogP contribution in [0.15, 0.2) is 29.6 Å². The highest BCUT2D eigenvalue weighted by Gasteiger charge is 2.22. The van der Waals surface area contributed by atoms with E-state index in [1.807, 2.05) is 18.4 Å². The van der Waals surface area contributed by atoms with Gasteiger partial charge in [0.1, 0.15) is 16.6 Å². The average molecular weight is 318 g/mol. The van der Waals surface area contributed by atoms with E-state index in [1.165, 1.54) is 23.5 Å². The Kier molecular flexibility index (Phi) is 5.61. The van der Waals surface area contributed by atoms with Gasteiger partial charge in [-0.2, -0.15) is 5.26 Å². The highest BCUT2D eigenvalue weighted by atomic mass is 32.1. The minimum Gasteiger partial charge on any atom is -0.493 e. The molecule has 0 saturated heterocycles.